The second-order valence-corrected chi connectivity index (χ2v) is 3.08. The highest BCUT2D eigenvalue weighted by molar-refractivity contribution is 5.92. The SMILES string of the molecule is Cn1cccc1.NC(=O)c1ccccc1. The first-order valence-corrected chi connectivity index (χ1v) is 4.62. The molecule has 3 nitrogen and oxygen atoms in total. The highest BCUT2D eigenvalue weighted by Gasteiger charge is 1.93. The second-order valence-electron chi connectivity index (χ2n) is 3.08. The summed E-state index contributed by atoms with van der Waals surface area (Å²) in [5.74, 6) is -0.379. The highest BCUT2D eigenvalue weighted by Crippen LogP contribution is 1.94. The predicted molar refractivity (Wildman–Crippen MR) is 60.4 cm³/mol. The zero-order chi connectivity index (χ0) is 11.1. The van der Waals surface area contributed by atoms with E-state index in [0.29, 0.717) is 5.56 Å². The number of carbonyl (C=O) groups excluding carboxylic acids is 1. The molecule has 2 N–H and O–H groups in total. The van der Waals surface area contributed by atoms with Crippen molar-refractivity contribution in [3.8, 4) is 0 Å². The lowest BCUT2D eigenvalue weighted by Crippen LogP contribution is -2.09. The fourth-order valence-electron chi connectivity index (χ4n) is 1.02. The lowest BCUT2D eigenvalue weighted by molar-refractivity contribution is 0.100. The van der Waals surface area contributed by atoms with Gasteiger partial charge in [0.25, 0.3) is 0 Å². The van der Waals surface area contributed by atoms with Gasteiger partial charge in [-0.25, -0.2) is 0 Å². The largest absolute Gasteiger partial charge is 0.366 e. The van der Waals surface area contributed by atoms with Gasteiger partial charge >= 0.3 is 0 Å². The number of rotatable bonds is 1. The Morgan fingerprint density at radius 1 is 1.07 bits per heavy atom. The van der Waals surface area contributed by atoms with Gasteiger partial charge in [0.15, 0.2) is 0 Å². The van der Waals surface area contributed by atoms with Gasteiger partial charge in [-0.15, -0.1) is 0 Å². The van der Waals surface area contributed by atoms with Crippen molar-refractivity contribution in [2.24, 2.45) is 12.8 Å². The third kappa shape index (κ3) is 4.13. The van der Waals surface area contributed by atoms with E-state index in [1.807, 2.05) is 42.2 Å². The Hall–Kier alpha value is -2.03. The number of primary amides is 1. The van der Waals surface area contributed by atoms with Gasteiger partial charge in [0, 0.05) is 25.0 Å². The summed E-state index contributed by atoms with van der Waals surface area (Å²) in [6, 6.07) is 12.8. The van der Waals surface area contributed by atoms with E-state index < -0.39 is 0 Å². The molecule has 0 aliphatic rings. The quantitative estimate of drug-likeness (QED) is 0.753. The van der Waals surface area contributed by atoms with Gasteiger partial charge in [-0.3, -0.25) is 4.79 Å². The van der Waals surface area contributed by atoms with Crippen molar-refractivity contribution in [1.29, 1.82) is 0 Å². The summed E-state index contributed by atoms with van der Waals surface area (Å²) < 4.78 is 2.00. The van der Waals surface area contributed by atoms with Crippen LogP contribution in [0.1, 0.15) is 10.4 Å². The van der Waals surface area contributed by atoms with E-state index in [1.54, 1.807) is 24.3 Å². The van der Waals surface area contributed by atoms with E-state index in [0.717, 1.165) is 0 Å². The molecular weight excluding hydrogens is 188 g/mol. The van der Waals surface area contributed by atoms with Gasteiger partial charge in [-0.05, 0) is 24.3 Å². The van der Waals surface area contributed by atoms with Gasteiger partial charge in [0.05, 0.1) is 0 Å². The molecule has 0 spiro atoms. The number of amides is 1. The summed E-state index contributed by atoms with van der Waals surface area (Å²) in [6.45, 7) is 0. The van der Waals surface area contributed by atoms with E-state index in [2.05, 4.69) is 0 Å². The molecule has 1 aromatic heterocycles. The van der Waals surface area contributed by atoms with Crippen molar-refractivity contribution in [3.05, 3.63) is 60.4 Å². The van der Waals surface area contributed by atoms with E-state index in [1.165, 1.54) is 0 Å². The molecule has 3 heteroatoms. The number of aromatic nitrogens is 1. The molecule has 0 radical (unpaired) electrons. The van der Waals surface area contributed by atoms with Crippen LogP contribution < -0.4 is 5.73 Å². The van der Waals surface area contributed by atoms with Crippen LogP contribution in [0, 0.1) is 0 Å². The van der Waals surface area contributed by atoms with Crippen LogP contribution in [0.4, 0.5) is 0 Å². The first-order chi connectivity index (χ1) is 7.20. The summed E-state index contributed by atoms with van der Waals surface area (Å²) in [6.07, 6.45) is 4.00. The van der Waals surface area contributed by atoms with E-state index in [4.69, 9.17) is 5.73 Å². The van der Waals surface area contributed by atoms with Gasteiger partial charge < -0.3 is 10.3 Å². The van der Waals surface area contributed by atoms with Crippen LogP contribution in [0.15, 0.2) is 54.9 Å². The molecule has 2 aromatic rings. The van der Waals surface area contributed by atoms with E-state index in [-0.39, 0.29) is 5.91 Å². The second kappa shape index (κ2) is 5.65. The minimum absolute atomic E-state index is 0.379. The number of benzene rings is 1. The monoisotopic (exact) mass is 202 g/mol. The van der Waals surface area contributed by atoms with Crippen LogP contribution in [0.3, 0.4) is 0 Å². The Labute approximate surface area is 89.1 Å². The molecule has 0 saturated carbocycles. The summed E-state index contributed by atoms with van der Waals surface area (Å²) in [7, 11) is 2.00. The number of nitrogens with two attached hydrogens (primary N) is 1. The minimum Gasteiger partial charge on any atom is -0.366 e. The van der Waals surface area contributed by atoms with Gasteiger partial charge in [0.1, 0.15) is 0 Å². The van der Waals surface area contributed by atoms with Gasteiger partial charge in [-0.2, -0.15) is 0 Å². The zero-order valence-corrected chi connectivity index (χ0v) is 8.63. The van der Waals surface area contributed by atoms with Crippen LogP contribution >= 0.6 is 0 Å². The van der Waals surface area contributed by atoms with Crippen LogP contribution in [-0.2, 0) is 7.05 Å². The average Bonchev–Trinajstić information content (AvgIpc) is 2.71. The highest BCUT2D eigenvalue weighted by atomic mass is 16.1. The summed E-state index contributed by atoms with van der Waals surface area (Å²) in [5.41, 5.74) is 5.53. The maximum Gasteiger partial charge on any atom is 0.248 e. The Morgan fingerprint density at radius 2 is 1.60 bits per heavy atom. The lowest BCUT2D eigenvalue weighted by atomic mass is 10.2. The van der Waals surface area contributed by atoms with Crippen molar-refractivity contribution in [2.75, 3.05) is 0 Å². The molecule has 0 unspecified atom stereocenters. The lowest BCUT2D eigenvalue weighted by Gasteiger charge is -1.89. The Bertz CT molecular complexity index is 393. The minimum atomic E-state index is -0.379. The summed E-state index contributed by atoms with van der Waals surface area (Å²) >= 11 is 0. The molecular formula is C12H14N2O. The Kier molecular flexibility index (Phi) is 4.16. The molecule has 0 saturated heterocycles. The molecule has 78 valence electrons. The molecule has 1 aromatic carbocycles. The van der Waals surface area contributed by atoms with E-state index in [9.17, 15) is 4.79 Å². The van der Waals surface area contributed by atoms with Crippen LogP contribution in [0.5, 0.6) is 0 Å². The van der Waals surface area contributed by atoms with Crippen LogP contribution in [-0.4, -0.2) is 10.5 Å². The van der Waals surface area contributed by atoms with E-state index >= 15 is 0 Å². The fraction of sp³-hybridized carbons (Fsp3) is 0.0833. The number of aryl methyl sites for hydroxylation is 1. The zero-order valence-electron chi connectivity index (χ0n) is 8.63. The number of carbonyl (C=O) groups is 1. The maximum atomic E-state index is 10.4. The first-order valence-electron chi connectivity index (χ1n) is 4.62. The Morgan fingerprint density at radius 3 is 1.87 bits per heavy atom. The number of hydrogen-bond donors (Lipinski definition) is 1. The van der Waals surface area contributed by atoms with Crippen LogP contribution in [0.2, 0.25) is 0 Å². The topological polar surface area (TPSA) is 48.0 Å². The first kappa shape index (κ1) is 11.0. The van der Waals surface area contributed by atoms with Crippen molar-refractivity contribution in [2.45, 2.75) is 0 Å². The molecule has 2 rings (SSSR count). The molecule has 0 fully saturated rings. The maximum absolute atomic E-state index is 10.4. The third-order valence-corrected chi connectivity index (χ3v) is 1.81. The third-order valence-electron chi connectivity index (χ3n) is 1.81. The molecule has 1 heterocycles. The van der Waals surface area contributed by atoms with Crippen molar-refractivity contribution in [3.63, 3.8) is 0 Å². The number of hydrogen-bond acceptors (Lipinski definition) is 1. The standard InChI is InChI=1S/C7H7NO.C5H7N/c8-7(9)6-4-2-1-3-5-6;1-6-4-2-3-5-6/h1-5H,(H2,8,9);2-5H,1H3. The van der Waals surface area contributed by atoms with Crippen molar-refractivity contribution in [1.82, 2.24) is 4.57 Å². The van der Waals surface area contributed by atoms with Crippen molar-refractivity contribution >= 4 is 5.91 Å². The molecule has 0 bridgehead atoms. The molecule has 0 atom stereocenters. The molecule has 1 amide bonds. The Balaban J connectivity index is 0.000000162. The van der Waals surface area contributed by atoms with Gasteiger partial charge in [0.2, 0.25) is 5.91 Å². The van der Waals surface area contributed by atoms with Crippen molar-refractivity contribution < 1.29 is 4.79 Å². The molecule has 0 aliphatic carbocycles. The summed E-state index contributed by atoms with van der Waals surface area (Å²) in [5, 5.41) is 0. The van der Waals surface area contributed by atoms with Crippen LogP contribution in [0.25, 0.3) is 0 Å². The normalized spacial score (nSPS) is 8.87. The molecule has 15 heavy (non-hydrogen) atoms. The van der Waals surface area contributed by atoms with Gasteiger partial charge in [-0.1, -0.05) is 18.2 Å². The number of nitrogens with zero attached hydrogens (tertiary/aromatic N) is 1. The fourth-order valence-corrected chi connectivity index (χ4v) is 1.02. The smallest absolute Gasteiger partial charge is 0.248 e. The average molecular weight is 202 g/mol. The summed E-state index contributed by atoms with van der Waals surface area (Å²) in [4.78, 5) is 10.4. The predicted octanol–water partition coefficient (Wildman–Crippen LogP) is 1.81. The molecule has 0 aliphatic heterocycles.